The number of aliphatic hydroxyl groups is 1. The van der Waals surface area contributed by atoms with Crippen molar-refractivity contribution in [2.75, 3.05) is 19.6 Å². The molecule has 0 amide bonds. The Hall–Kier alpha value is -0.910. The first-order valence-corrected chi connectivity index (χ1v) is 7.24. The molecule has 106 valence electrons. The van der Waals surface area contributed by atoms with E-state index in [9.17, 15) is 5.11 Å². The molecule has 1 saturated carbocycles. The van der Waals surface area contributed by atoms with Gasteiger partial charge in [0, 0.05) is 32.0 Å². The Morgan fingerprint density at radius 3 is 2.89 bits per heavy atom. The van der Waals surface area contributed by atoms with E-state index in [2.05, 4.69) is 16.9 Å². The van der Waals surface area contributed by atoms with Crippen molar-refractivity contribution in [3.8, 4) is 0 Å². The minimum atomic E-state index is -0.370. The van der Waals surface area contributed by atoms with Crippen molar-refractivity contribution in [2.24, 2.45) is 5.92 Å². The van der Waals surface area contributed by atoms with Gasteiger partial charge >= 0.3 is 0 Å². The summed E-state index contributed by atoms with van der Waals surface area (Å²) in [5.74, 6) is 0.758. The third-order valence-corrected chi connectivity index (χ3v) is 3.93. The lowest BCUT2D eigenvalue weighted by Gasteiger charge is -2.37. The van der Waals surface area contributed by atoms with Gasteiger partial charge in [0.2, 0.25) is 0 Å². The van der Waals surface area contributed by atoms with Crippen molar-refractivity contribution in [3.05, 3.63) is 18.5 Å². The van der Waals surface area contributed by atoms with Gasteiger partial charge in [-0.1, -0.05) is 0 Å². The third-order valence-electron chi connectivity index (χ3n) is 3.93. The topological polar surface area (TPSA) is 50.5 Å². The fraction of sp³-hybridized carbons (Fsp3) is 0.786. The molecule has 0 radical (unpaired) electrons. The minimum absolute atomic E-state index is 0.274. The van der Waals surface area contributed by atoms with Gasteiger partial charge in [0.25, 0.3) is 0 Å². The van der Waals surface area contributed by atoms with Crippen molar-refractivity contribution in [3.63, 3.8) is 0 Å². The quantitative estimate of drug-likeness (QED) is 0.853. The number of hydrogen-bond acceptors (Lipinski definition) is 4. The van der Waals surface area contributed by atoms with Crippen LogP contribution in [-0.4, -0.2) is 57.7 Å². The molecule has 3 rings (SSSR count). The zero-order valence-corrected chi connectivity index (χ0v) is 11.5. The van der Waals surface area contributed by atoms with E-state index in [-0.39, 0.29) is 12.2 Å². The predicted molar refractivity (Wildman–Crippen MR) is 71.7 cm³/mol. The van der Waals surface area contributed by atoms with Gasteiger partial charge < -0.3 is 9.84 Å². The van der Waals surface area contributed by atoms with Gasteiger partial charge in [0.15, 0.2) is 0 Å². The van der Waals surface area contributed by atoms with E-state index in [1.54, 1.807) is 10.9 Å². The second-order valence-electron chi connectivity index (χ2n) is 5.92. The Morgan fingerprint density at radius 2 is 2.21 bits per heavy atom. The van der Waals surface area contributed by atoms with Crippen LogP contribution >= 0.6 is 0 Å². The Kier molecular flexibility index (Phi) is 3.86. The van der Waals surface area contributed by atoms with Gasteiger partial charge in [-0.3, -0.25) is 9.58 Å². The van der Waals surface area contributed by atoms with Crippen molar-refractivity contribution < 1.29 is 9.84 Å². The van der Waals surface area contributed by atoms with E-state index in [0.717, 1.165) is 19.0 Å². The molecule has 1 aromatic rings. The number of aliphatic hydroxyl groups excluding tert-OH is 1. The van der Waals surface area contributed by atoms with Crippen LogP contribution in [0.25, 0.3) is 0 Å². The van der Waals surface area contributed by atoms with Gasteiger partial charge in [-0.25, -0.2) is 0 Å². The van der Waals surface area contributed by atoms with Gasteiger partial charge in [-0.15, -0.1) is 0 Å². The molecular weight excluding hydrogens is 242 g/mol. The van der Waals surface area contributed by atoms with Gasteiger partial charge in [-0.2, -0.15) is 5.10 Å². The van der Waals surface area contributed by atoms with E-state index in [1.165, 1.54) is 12.8 Å². The Balaban J connectivity index is 1.50. The second-order valence-corrected chi connectivity index (χ2v) is 5.92. The van der Waals surface area contributed by atoms with Crippen LogP contribution in [0.1, 0.15) is 19.8 Å². The molecule has 5 nitrogen and oxygen atoms in total. The van der Waals surface area contributed by atoms with Crippen LogP contribution in [0.5, 0.6) is 0 Å². The van der Waals surface area contributed by atoms with Gasteiger partial charge in [0.1, 0.15) is 0 Å². The highest BCUT2D eigenvalue weighted by Crippen LogP contribution is 2.36. The van der Waals surface area contributed by atoms with Crippen LogP contribution in [0, 0.1) is 5.92 Å². The highest BCUT2D eigenvalue weighted by Gasteiger charge is 2.37. The molecule has 3 atom stereocenters. The van der Waals surface area contributed by atoms with E-state index >= 15 is 0 Å². The molecular formula is C14H23N3O2. The van der Waals surface area contributed by atoms with Crippen LogP contribution in [0.2, 0.25) is 0 Å². The Bertz CT molecular complexity index is 391. The van der Waals surface area contributed by atoms with E-state index in [0.29, 0.717) is 19.2 Å². The molecule has 0 aromatic carbocycles. The summed E-state index contributed by atoms with van der Waals surface area (Å²) in [6.45, 7) is 5.27. The normalized spacial score (nSPS) is 30.4. The van der Waals surface area contributed by atoms with Gasteiger partial charge in [0.05, 0.1) is 24.9 Å². The molecule has 1 aromatic heterocycles. The molecule has 2 aliphatic rings. The zero-order chi connectivity index (χ0) is 13.2. The highest BCUT2D eigenvalue weighted by molar-refractivity contribution is 4.88. The maximum absolute atomic E-state index is 10.2. The first kappa shape index (κ1) is 13.1. The summed E-state index contributed by atoms with van der Waals surface area (Å²) in [7, 11) is 0. The van der Waals surface area contributed by atoms with E-state index in [1.807, 2.05) is 12.3 Å². The number of nitrogens with zero attached hydrogens (tertiary/aromatic N) is 3. The molecule has 0 unspecified atom stereocenters. The molecule has 0 spiro atoms. The van der Waals surface area contributed by atoms with Crippen molar-refractivity contribution in [2.45, 2.75) is 44.6 Å². The van der Waals surface area contributed by atoms with Crippen molar-refractivity contribution >= 4 is 0 Å². The standard InChI is InChI=1S/C14H23N3O2/c1-11-7-16(10-14(19-11)12-3-4-12)8-13(18)9-17-6-2-5-15-17/h2,5-6,11-14,18H,3-4,7-10H2,1H3/t11-,13+,14-/m1/s1. The van der Waals surface area contributed by atoms with Crippen LogP contribution in [-0.2, 0) is 11.3 Å². The minimum Gasteiger partial charge on any atom is -0.390 e. The lowest BCUT2D eigenvalue weighted by atomic mass is 10.1. The Labute approximate surface area is 114 Å². The number of β-amino-alcohol motifs (C(OH)–C–C–N with tert-alkyl or cyclic N) is 1. The molecule has 1 saturated heterocycles. The smallest absolute Gasteiger partial charge is 0.0862 e. The SMILES string of the molecule is C[C@@H]1CN(C[C@H](O)Cn2cccn2)C[C@H](C2CC2)O1. The number of rotatable bonds is 5. The molecule has 19 heavy (non-hydrogen) atoms. The maximum Gasteiger partial charge on any atom is 0.0862 e. The molecule has 2 heterocycles. The molecule has 5 heteroatoms. The van der Waals surface area contributed by atoms with E-state index in [4.69, 9.17) is 4.74 Å². The van der Waals surface area contributed by atoms with E-state index < -0.39 is 0 Å². The maximum atomic E-state index is 10.2. The van der Waals surface area contributed by atoms with Crippen LogP contribution < -0.4 is 0 Å². The summed E-state index contributed by atoms with van der Waals surface area (Å²) in [5, 5.41) is 14.3. The number of aromatic nitrogens is 2. The lowest BCUT2D eigenvalue weighted by Crippen LogP contribution is -2.50. The average molecular weight is 265 g/mol. The third kappa shape index (κ3) is 3.55. The first-order valence-electron chi connectivity index (χ1n) is 7.24. The fourth-order valence-electron chi connectivity index (χ4n) is 2.93. The van der Waals surface area contributed by atoms with Crippen molar-refractivity contribution in [1.29, 1.82) is 0 Å². The summed E-state index contributed by atoms with van der Waals surface area (Å²) in [4.78, 5) is 2.34. The Morgan fingerprint density at radius 1 is 1.37 bits per heavy atom. The predicted octanol–water partition coefficient (Wildman–Crippen LogP) is 0.743. The molecule has 2 fully saturated rings. The summed E-state index contributed by atoms with van der Waals surface area (Å²) >= 11 is 0. The van der Waals surface area contributed by atoms with Crippen LogP contribution in [0.4, 0.5) is 0 Å². The summed E-state index contributed by atoms with van der Waals surface area (Å²) in [6, 6.07) is 1.88. The van der Waals surface area contributed by atoms with Crippen molar-refractivity contribution in [1.82, 2.24) is 14.7 Å². The first-order chi connectivity index (χ1) is 9.20. The number of ether oxygens (including phenoxy) is 1. The highest BCUT2D eigenvalue weighted by atomic mass is 16.5. The molecule has 1 aliphatic heterocycles. The largest absolute Gasteiger partial charge is 0.390 e. The molecule has 0 bridgehead atoms. The lowest BCUT2D eigenvalue weighted by molar-refractivity contribution is -0.0937. The summed E-state index contributed by atoms with van der Waals surface area (Å²) < 4.78 is 7.77. The van der Waals surface area contributed by atoms with Crippen LogP contribution in [0.15, 0.2) is 18.5 Å². The fourth-order valence-corrected chi connectivity index (χ4v) is 2.93. The number of hydrogen-bond donors (Lipinski definition) is 1. The average Bonchev–Trinajstić information content (AvgIpc) is 3.08. The second kappa shape index (κ2) is 5.61. The summed E-state index contributed by atoms with van der Waals surface area (Å²) in [5.41, 5.74) is 0. The number of morpholine rings is 1. The zero-order valence-electron chi connectivity index (χ0n) is 11.5. The molecule has 1 aliphatic carbocycles. The summed E-state index contributed by atoms with van der Waals surface area (Å²) in [6.07, 6.45) is 6.52. The molecule has 1 N–H and O–H groups in total. The monoisotopic (exact) mass is 265 g/mol. The van der Waals surface area contributed by atoms with Gasteiger partial charge in [-0.05, 0) is 31.7 Å². The van der Waals surface area contributed by atoms with Crippen LogP contribution in [0.3, 0.4) is 0 Å².